The fourth-order valence-corrected chi connectivity index (χ4v) is 2.97. The van der Waals surface area contributed by atoms with Gasteiger partial charge in [-0.05, 0) is 48.4 Å². The Morgan fingerprint density at radius 3 is 2.55 bits per heavy atom. The molecule has 2 amide bonds. The van der Waals surface area contributed by atoms with Crippen molar-refractivity contribution in [3.8, 4) is 17.6 Å². The molecule has 0 saturated carbocycles. The van der Waals surface area contributed by atoms with E-state index in [9.17, 15) is 9.59 Å². The van der Waals surface area contributed by atoms with Gasteiger partial charge < -0.3 is 15.4 Å². The molecule has 0 aliphatic rings. The van der Waals surface area contributed by atoms with Gasteiger partial charge in [0.15, 0.2) is 0 Å². The molecular formula is C23H19ClN4O3. The number of pyridine rings is 1. The molecule has 0 atom stereocenters. The molecule has 156 valence electrons. The lowest BCUT2D eigenvalue weighted by Crippen LogP contribution is -2.18. The van der Waals surface area contributed by atoms with E-state index in [1.54, 1.807) is 42.5 Å². The zero-order valence-electron chi connectivity index (χ0n) is 16.7. The molecule has 0 radical (unpaired) electrons. The van der Waals surface area contributed by atoms with Crippen LogP contribution in [0.4, 0.5) is 5.69 Å². The van der Waals surface area contributed by atoms with E-state index in [0.717, 1.165) is 5.56 Å². The van der Waals surface area contributed by atoms with E-state index in [4.69, 9.17) is 21.6 Å². The SMILES string of the molecule is CNC(=O)c1cc(Oc2ccc(CCC(=O)Nc3ccc(C#N)c(Cl)c3)cc2)ccn1. The maximum atomic E-state index is 12.2. The quantitative estimate of drug-likeness (QED) is 0.576. The molecule has 7 nitrogen and oxygen atoms in total. The number of hydrogen-bond acceptors (Lipinski definition) is 5. The summed E-state index contributed by atoms with van der Waals surface area (Å²) in [6.07, 6.45) is 2.35. The number of amides is 2. The van der Waals surface area contributed by atoms with Gasteiger partial charge in [0.05, 0.1) is 10.6 Å². The van der Waals surface area contributed by atoms with Gasteiger partial charge >= 0.3 is 0 Å². The number of nitriles is 1. The number of benzene rings is 2. The average Bonchev–Trinajstić information content (AvgIpc) is 2.78. The van der Waals surface area contributed by atoms with Gasteiger partial charge in [-0.25, -0.2) is 0 Å². The Morgan fingerprint density at radius 1 is 1.10 bits per heavy atom. The highest BCUT2D eigenvalue weighted by atomic mass is 35.5. The van der Waals surface area contributed by atoms with Gasteiger partial charge in [0.2, 0.25) is 5.91 Å². The molecule has 2 aromatic carbocycles. The lowest BCUT2D eigenvalue weighted by atomic mass is 10.1. The summed E-state index contributed by atoms with van der Waals surface area (Å²) in [6, 6.07) is 17.3. The van der Waals surface area contributed by atoms with Crippen LogP contribution in [0.3, 0.4) is 0 Å². The highest BCUT2D eigenvalue weighted by Crippen LogP contribution is 2.23. The van der Waals surface area contributed by atoms with Crippen LogP contribution in [-0.4, -0.2) is 23.8 Å². The number of aryl methyl sites for hydroxylation is 1. The minimum absolute atomic E-state index is 0.153. The van der Waals surface area contributed by atoms with E-state index in [0.29, 0.717) is 34.2 Å². The average molecular weight is 435 g/mol. The maximum absolute atomic E-state index is 12.2. The van der Waals surface area contributed by atoms with Crippen molar-refractivity contribution in [3.05, 3.63) is 82.6 Å². The summed E-state index contributed by atoms with van der Waals surface area (Å²) >= 11 is 5.98. The van der Waals surface area contributed by atoms with Crippen molar-refractivity contribution in [2.75, 3.05) is 12.4 Å². The summed E-state index contributed by atoms with van der Waals surface area (Å²) < 4.78 is 5.77. The molecule has 0 aliphatic carbocycles. The minimum atomic E-state index is -0.289. The van der Waals surface area contributed by atoms with Gasteiger partial charge in [-0.1, -0.05) is 23.7 Å². The fourth-order valence-electron chi connectivity index (χ4n) is 2.75. The second-order valence-corrected chi connectivity index (χ2v) is 6.96. The molecule has 0 aliphatic heterocycles. The number of hydrogen-bond donors (Lipinski definition) is 2. The van der Waals surface area contributed by atoms with Crippen molar-refractivity contribution >= 4 is 29.1 Å². The number of ether oxygens (including phenoxy) is 1. The van der Waals surface area contributed by atoms with E-state index in [1.165, 1.54) is 13.2 Å². The summed E-state index contributed by atoms with van der Waals surface area (Å²) in [4.78, 5) is 27.9. The molecular weight excluding hydrogens is 416 g/mol. The van der Waals surface area contributed by atoms with Gasteiger partial charge in [0.1, 0.15) is 23.3 Å². The number of nitrogens with one attached hydrogen (secondary N) is 2. The first-order chi connectivity index (χ1) is 15.0. The third-order valence-corrected chi connectivity index (χ3v) is 4.68. The number of halogens is 1. The van der Waals surface area contributed by atoms with Crippen LogP contribution < -0.4 is 15.4 Å². The number of rotatable bonds is 7. The Bertz CT molecular complexity index is 1140. The highest BCUT2D eigenvalue weighted by molar-refractivity contribution is 6.32. The summed E-state index contributed by atoms with van der Waals surface area (Å²) in [5, 5.41) is 14.5. The largest absolute Gasteiger partial charge is 0.457 e. The summed E-state index contributed by atoms with van der Waals surface area (Å²) in [5.41, 5.74) is 2.15. The molecule has 3 rings (SSSR count). The van der Waals surface area contributed by atoms with E-state index in [2.05, 4.69) is 15.6 Å². The third-order valence-electron chi connectivity index (χ3n) is 4.36. The zero-order chi connectivity index (χ0) is 22.2. The van der Waals surface area contributed by atoms with E-state index >= 15 is 0 Å². The van der Waals surface area contributed by atoms with Crippen LogP contribution in [0.15, 0.2) is 60.8 Å². The molecule has 0 spiro atoms. The Hall–Kier alpha value is -3.89. The smallest absolute Gasteiger partial charge is 0.269 e. The molecule has 0 unspecified atom stereocenters. The van der Waals surface area contributed by atoms with Crippen molar-refractivity contribution < 1.29 is 14.3 Å². The van der Waals surface area contributed by atoms with Crippen molar-refractivity contribution in [1.82, 2.24) is 10.3 Å². The van der Waals surface area contributed by atoms with Crippen molar-refractivity contribution in [1.29, 1.82) is 5.26 Å². The standard InChI is InChI=1S/C23H19ClN4O3/c1-26-23(30)21-13-19(10-11-27-21)31-18-7-2-15(3-8-18)4-9-22(29)28-17-6-5-16(14-25)20(24)12-17/h2-3,5-8,10-13H,4,9H2,1H3,(H,26,30)(H,28,29). The first-order valence-corrected chi connectivity index (χ1v) is 9.80. The van der Waals surface area contributed by atoms with Crippen LogP contribution in [0.1, 0.15) is 28.0 Å². The van der Waals surface area contributed by atoms with Crippen LogP contribution in [-0.2, 0) is 11.2 Å². The fraction of sp³-hybridized carbons (Fsp3) is 0.130. The van der Waals surface area contributed by atoms with Crippen LogP contribution in [0.5, 0.6) is 11.5 Å². The van der Waals surface area contributed by atoms with E-state index in [1.807, 2.05) is 18.2 Å². The maximum Gasteiger partial charge on any atom is 0.269 e. The molecule has 8 heteroatoms. The topological polar surface area (TPSA) is 104 Å². The van der Waals surface area contributed by atoms with E-state index < -0.39 is 0 Å². The predicted molar refractivity (Wildman–Crippen MR) is 117 cm³/mol. The van der Waals surface area contributed by atoms with Gasteiger partial charge in [0.25, 0.3) is 5.91 Å². The molecule has 31 heavy (non-hydrogen) atoms. The minimum Gasteiger partial charge on any atom is -0.457 e. The second kappa shape index (κ2) is 10.2. The van der Waals surface area contributed by atoms with E-state index in [-0.39, 0.29) is 23.9 Å². The lowest BCUT2D eigenvalue weighted by molar-refractivity contribution is -0.116. The van der Waals surface area contributed by atoms with Crippen LogP contribution in [0.25, 0.3) is 0 Å². The van der Waals surface area contributed by atoms with Crippen molar-refractivity contribution in [3.63, 3.8) is 0 Å². The molecule has 3 aromatic rings. The Balaban J connectivity index is 1.54. The highest BCUT2D eigenvalue weighted by Gasteiger charge is 2.08. The second-order valence-electron chi connectivity index (χ2n) is 6.56. The van der Waals surface area contributed by atoms with Gasteiger partial charge in [-0.3, -0.25) is 14.6 Å². The normalized spacial score (nSPS) is 10.1. The van der Waals surface area contributed by atoms with Gasteiger partial charge in [-0.2, -0.15) is 5.26 Å². The molecule has 1 heterocycles. The molecule has 1 aromatic heterocycles. The van der Waals surface area contributed by atoms with Crippen molar-refractivity contribution in [2.24, 2.45) is 0 Å². The molecule has 0 bridgehead atoms. The number of nitrogens with zero attached hydrogens (tertiary/aromatic N) is 2. The third kappa shape index (κ3) is 6.04. The Kier molecular flexibility index (Phi) is 7.20. The monoisotopic (exact) mass is 434 g/mol. The molecule has 2 N–H and O–H groups in total. The number of carbonyl (C=O) groups is 2. The summed E-state index contributed by atoms with van der Waals surface area (Å²) in [5.74, 6) is 0.665. The van der Waals surface area contributed by atoms with Gasteiger partial charge in [-0.15, -0.1) is 0 Å². The predicted octanol–water partition coefficient (Wildman–Crippen LogP) is 4.33. The number of aromatic nitrogens is 1. The Morgan fingerprint density at radius 2 is 1.87 bits per heavy atom. The number of anilines is 1. The Labute approximate surface area is 184 Å². The molecule has 0 saturated heterocycles. The zero-order valence-corrected chi connectivity index (χ0v) is 17.4. The van der Waals surface area contributed by atoms with Gasteiger partial charge in [0, 0.05) is 31.4 Å². The summed E-state index contributed by atoms with van der Waals surface area (Å²) in [6.45, 7) is 0. The number of carbonyl (C=O) groups excluding carboxylic acids is 2. The molecule has 0 fully saturated rings. The van der Waals surface area contributed by atoms with Crippen LogP contribution in [0, 0.1) is 11.3 Å². The first-order valence-electron chi connectivity index (χ1n) is 9.43. The summed E-state index contributed by atoms with van der Waals surface area (Å²) in [7, 11) is 1.54. The first kappa shape index (κ1) is 21.8. The van der Waals surface area contributed by atoms with Crippen LogP contribution >= 0.6 is 11.6 Å². The van der Waals surface area contributed by atoms with Crippen LogP contribution in [0.2, 0.25) is 5.02 Å². The van der Waals surface area contributed by atoms with Crippen molar-refractivity contribution in [2.45, 2.75) is 12.8 Å². The lowest BCUT2D eigenvalue weighted by Gasteiger charge is -2.09.